The molecule has 2 unspecified atom stereocenters. The molecule has 0 aromatic rings. The largest absolute Gasteiger partial charge is 0.480 e. The molecule has 0 aromatic carbocycles. The van der Waals surface area contributed by atoms with Gasteiger partial charge in [-0.05, 0) is 26.2 Å². The number of carbonyl (C=O) groups is 3. The molecule has 0 heterocycles. The molecule has 1 amide bonds. The van der Waals surface area contributed by atoms with E-state index in [2.05, 4.69) is 10.3 Å². The van der Waals surface area contributed by atoms with Crippen LogP contribution in [0.2, 0.25) is 0 Å². The van der Waals surface area contributed by atoms with Gasteiger partial charge in [-0.25, -0.2) is 0 Å². The van der Waals surface area contributed by atoms with Crippen molar-refractivity contribution in [2.45, 2.75) is 44.7 Å². The number of carboxylic acid groups (broad SMARTS) is 2. The topological polar surface area (TPSA) is 220 Å². The molecule has 2 atom stereocenters. The monoisotopic (exact) mass is 348 g/mol. The summed E-state index contributed by atoms with van der Waals surface area (Å²) >= 11 is 0. The molecule has 0 bridgehead atoms. The number of nitrogens with zero attached hydrogens (tertiary/aromatic N) is 1. The first-order valence-corrected chi connectivity index (χ1v) is 7.40. The van der Waals surface area contributed by atoms with Crippen LogP contribution in [0.5, 0.6) is 0 Å². The fourth-order valence-electron chi connectivity index (χ4n) is 1.34. The molecular formula is C13H28N6O5. The number of guanidine groups is 1. The molecule has 0 rings (SSSR count). The van der Waals surface area contributed by atoms with E-state index >= 15 is 0 Å². The van der Waals surface area contributed by atoms with Crippen molar-refractivity contribution in [3.63, 3.8) is 0 Å². The normalized spacial score (nSPS) is 12.1. The molecule has 24 heavy (non-hydrogen) atoms. The molecule has 0 aliphatic rings. The van der Waals surface area contributed by atoms with E-state index in [0.29, 0.717) is 25.9 Å². The summed E-state index contributed by atoms with van der Waals surface area (Å²) in [6.07, 6.45) is 1.31. The van der Waals surface area contributed by atoms with Crippen LogP contribution in [-0.2, 0) is 14.4 Å². The van der Waals surface area contributed by atoms with Crippen LogP contribution in [0.25, 0.3) is 0 Å². The molecule has 0 aliphatic heterocycles. The van der Waals surface area contributed by atoms with Crippen molar-refractivity contribution in [1.29, 1.82) is 0 Å². The van der Waals surface area contributed by atoms with E-state index < -0.39 is 24.0 Å². The smallest absolute Gasteiger partial charge is 0.320 e. The van der Waals surface area contributed by atoms with Crippen LogP contribution in [0.4, 0.5) is 0 Å². The molecule has 11 N–H and O–H groups in total. The van der Waals surface area contributed by atoms with E-state index in [-0.39, 0.29) is 24.7 Å². The summed E-state index contributed by atoms with van der Waals surface area (Å²) in [6.45, 7) is 2.78. The van der Waals surface area contributed by atoms with E-state index in [9.17, 15) is 14.4 Å². The molecule has 0 spiro atoms. The van der Waals surface area contributed by atoms with Gasteiger partial charge in [0, 0.05) is 19.5 Å². The van der Waals surface area contributed by atoms with Crippen LogP contribution in [-0.4, -0.2) is 59.2 Å². The fraction of sp³-hybridized carbons (Fsp3) is 0.692. The highest BCUT2D eigenvalue weighted by Crippen LogP contribution is 1.95. The molecule has 0 fully saturated rings. The average molecular weight is 348 g/mol. The Hall–Kier alpha value is -2.40. The van der Waals surface area contributed by atoms with Gasteiger partial charge in [0.1, 0.15) is 12.1 Å². The van der Waals surface area contributed by atoms with Gasteiger partial charge in [-0.1, -0.05) is 0 Å². The number of nitrogens with one attached hydrogen (secondary N) is 1. The minimum atomic E-state index is -1.07. The minimum Gasteiger partial charge on any atom is -0.480 e. The second-order valence-corrected chi connectivity index (χ2v) is 4.83. The van der Waals surface area contributed by atoms with Crippen molar-refractivity contribution in [1.82, 2.24) is 5.32 Å². The SMILES string of the molecule is CCNC(=O)CCC(N)C(=O)O.NC(N)=NCCCC(N)C(=O)O. The summed E-state index contributed by atoms with van der Waals surface area (Å²) in [4.78, 5) is 34.9. The number of rotatable bonds is 10. The summed E-state index contributed by atoms with van der Waals surface area (Å²) in [5.74, 6) is -2.22. The van der Waals surface area contributed by atoms with Crippen LogP contribution >= 0.6 is 0 Å². The predicted octanol–water partition coefficient (Wildman–Crippen LogP) is -2.23. The zero-order valence-corrected chi connectivity index (χ0v) is 13.8. The first-order chi connectivity index (χ1) is 11.1. The third kappa shape index (κ3) is 16.0. The highest BCUT2D eigenvalue weighted by atomic mass is 16.4. The van der Waals surface area contributed by atoms with Crippen LogP contribution in [0.1, 0.15) is 32.6 Å². The lowest BCUT2D eigenvalue weighted by atomic mass is 10.1. The van der Waals surface area contributed by atoms with E-state index in [1.807, 2.05) is 0 Å². The lowest BCUT2D eigenvalue weighted by Crippen LogP contribution is -2.32. The number of aliphatic carboxylic acids is 2. The van der Waals surface area contributed by atoms with Crippen LogP contribution in [0.3, 0.4) is 0 Å². The maximum absolute atomic E-state index is 10.8. The van der Waals surface area contributed by atoms with Crippen molar-refractivity contribution < 1.29 is 24.6 Å². The number of carbonyl (C=O) groups excluding carboxylic acids is 1. The number of hydrogen-bond donors (Lipinski definition) is 7. The predicted molar refractivity (Wildman–Crippen MR) is 89.1 cm³/mol. The van der Waals surface area contributed by atoms with Crippen LogP contribution < -0.4 is 28.3 Å². The van der Waals surface area contributed by atoms with Gasteiger partial charge < -0.3 is 38.5 Å². The van der Waals surface area contributed by atoms with Gasteiger partial charge in [0.15, 0.2) is 5.96 Å². The second-order valence-electron chi connectivity index (χ2n) is 4.83. The van der Waals surface area contributed by atoms with Crippen LogP contribution in [0, 0.1) is 0 Å². The third-order valence-electron chi connectivity index (χ3n) is 2.66. The van der Waals surface area contributed by atoms with E-state index in [1.165, 1.54) is 0 Å². The van der Waals surface area contributed by atoms with Gasteiger partial charge in [-0.2, -0.15) is 0 Å². The van der Waals surface area contributed by atoms with E-state index in [1.54, 1.807) is 6.92 Å². The molecule has 140 valence electrons. The second kappa shape index (κ2) is 14.2. The van der Waals surface area contributed by atoms with Crippen molar-refractivity contribution in [2.24, 2.45) is 27.9 Å². The number of nitrogens with two attached hydrogens (primary N) is 4. The van der Waals surface area contributed by atoms with Crippen molar-refractivity contribution in [2.75, 3.05) is 13.1 Å². The summed E-state index contributed by atoms with van der Waals surface area (Å²) in [7, 11) is 0. The maximum Gasteiger partial charge on any atom is 0.320 e. The quantitative estimate of drug-likeness (QED) is 0.129. The number of amides is 1. The number of hydrogen-bond acceptors (Lipinski definition) is 6. The van der Waals surface area contributed by atoms with Gasteiger partial charge in [-0.15, -0.1) is 0 Å². The Morgan fingerprint density at radius 2 is 1.54 bits per heavy atom. The standard InChI is InChI=1S/C7H14N2O3.C6H14N4O2/c1-2-9-6(10)4-3-5(8)7(11)12;7-4(5(11)12)2-1-3-10-6(8)9/h5H,2-4,8H2,1H3,(H,9,10)(H,11,12);4H,1-3,7H2,(H,11,12)(H4,8,9,10). The summed E-state index contributed by atoms with van der Waals surface area (Å²) in [5.41, 5.74) is 20.5. The summed E-state index contributed by atoms with van der Waals surface area (Å²) in [6, 6.07) is -1.76. The lowest BCUT2D eigenvalue weighted by molar-refractivity contribution is -0.139. The van der Waals surface area contributed by atoms with Gasteiger partial charge >= 0.3 is 11.9 Å². The first kappa shape index (κ1) is 23.9. The average Bonchev–Trinajstić information content (AvgIpc) is 2.49. The molecule has 0 aliphatic carbocycles. The van der Waals surface area contributed by atoms with Gasteiger partial charge in [0.2, 0.25) is 5.91 Å². The lowest BCUT2D eigenvalue weighted by Gasteiger charge is -2.05. The Kier molecular flexibility index (Phi) is 14.1. The minimum absolute atomic E-state index is 0.0129. The van der Waals surface area contributed by atoms with Crippen molar-refractivity contribution in [3.8, 4) is 0 Å². The molecule has 0 saturated carbocycles. The van der Waals surface area contributed by atoms with Gasteiger partial charge in [-0.3, -0.25) is 19.4 Å². The van der Waals surface area contributed by atoms with Crippen molar-refractivity contribution in [3.05, 3.63) is 0 Å². The fourth-order valence-corrected chi connectivity index (χ4v) is 1.34. The molecule has 0 radical (unpaired) electrons. The van der Waals surface area contributed by atoms with Crippen LogP contribution in [0.15, 0.2) is 4.99 Å². The van der Waals surface area contributed by atoms with Crippen molar-refractivity contribution >= 4 is 23.8 Å². The number of aliphatic imine (C=N–C) groups is 1. The zero-order chi connectivity index (χ0) is 19.1. The molecule has 0 saturated heterocycles. The van der Waals surface area contributed by atoms with Gasteiger partial charge in [0.25, 0.3) is 0 Å². The summed E-state index contributed by atoms with van der Waals surface area (Å²) < 4.78 is 0. The zero-order valence-electron chi connectivity index (χ0n) is 13.8. The number of carboxylic acids is 2. The molecule has 0 aromatic heterocycles. The highest BCUT2D eigenvalue weighted by molar-refractivity contribution is 5.78. The third-order valence-corrected chi connectivity index (χ3v) is 2.66. The Bertz CT molecular complexity index is 425. The van der Waals surface area contributed by atoms with E-state index in [4.69, 9.17) is 33.1 Å². The Labute approximate surface area is 140 Å². The Morgan fingerprint density at radius 3 is 1.96 bits per heavy atom. The maximum atomic E-state index is 10.8. The Balaban J connectivity index is 0. The Morgan fingerprint density at radius 1 is 1.04 bits per heavy atom. The van der Waals surface area contributed by atoms with Gasteiger partial charge in [0.05, 0.1) is 0 Å². The molecular weight excluding hydrogens is 320 g/mol. The first-order valence-electron chi connectivity index (χ1n) is 7.40. The highest BCUT2D eigenvalue weighted by Gasteiger charge is 2.12. The summed E-state index contributed by atoms with van der Waals surface area (Å²) in [5, 5.41) is 19.3. The molecule has 11 nitrogen and oxygen atoms in total. The molecule has 11 heteroatoms. The van der Waals surface area contributed by atoms with E-state index in [0.717, 1.165) is 0 Å².